The number of nitrogens with one attached hydrogen (secondary N) is 3. The second-order valence-electron chi connectivity index (χ2n) is 5.57. The molecule has 0 aliphatic rings. The topological polar surface area (TPSA) is 78.5 Å². The van der Waals surface area contributed by atoms with Gasteiger partial charge in [-0.25, -0.2) is 0 Å². The van der Waals surface area contributed by atoms with E-state index >= 15 is 0 Å². The predicted octanol–water partition coefficient (Wildman–Crippen LogP) is 2.84. The lowest BCUT2D eigenvalue weighted by Gasteiger charge is -2.11. The van der Waals surface area contributed by atoms with E-state index in [1.807, 2.05) is 6.07 Å². The molecule has 25 heavy (non-hydrogen) atoms. The molecule has 0 amide bonds. The van der Waals surface area contributed by atoms with E-state index in [9.17, 15) is 4.79 Å². The van der Waals surface area contributed by atoms with Gasteiger partial charge in [-0.05, 0) is 30.9 Å². The zero-order chi connectivity index (χ0) is 17.2. The SMILES string of the molecule is CN=C(NCCCCC(=O)OC)NCCc1c[nH]c2ccccc12.I. The number of fused-ring (bicyclic) bond motifs is 1. The van der Waals surface area contributed by atoms with Crippen molar-refractivity contribution in [2.45, 2.75) is 25.7 Å². The highest BCUT2D eigenvalue weighted by Gasteiger charge is 2.04. The first-order valence-corrected chi connectivity index (χ1v) is 8.31. The fourth-order valence-electron chi connectivity index (χ4n) is 2.58. The molecule has 0 aliphatic heterocycles. The van der Waals surface area contributed by atoms with Crippen LogP contribution in [-0.2, 0) is 16.0 Å². The number of ether oxygens (including phenoxy) is 1. The lowest BCUT2D eigenvalue weighted by atomic mass is 10.1. The Morgan fingerprint density at radius 1 is 1.20 bits per heavy atom. The molecule has 1 heterocycles. The van der Waals surface area contributed by atoms with E-state index in [0.717, 1.165) is 38.3 Å². The number of rotatable bonds is 8. The van der Waals surface area contributed by atoms with Crippen molar-refractivity contribution in [3.63, 3.8) is 0 Å². The Kier molecular flexibility index (Phi) is 9.98. The summed E-state index contributed by atoms with van der Waals surface area (Å²) in [4.78, 5) is 18.5. The summed E-state index contributed by atoms with van der Waals surface area (Å²) in [6, 6.07) is 8.31. The summed E-state index contributed by atoms with van der Waals surface area (Å²) in [6.45, 7) is 1.59. The van der Waals surface area contributed by atoms with Crippen LogP contribution in [0.3, 0.4) is 0 Å². The molecule has 138 valence electrons. The van der Waals surface area contributed by atoms with Gasteiger partial charge in [0.2, 0.25) is 0 Å². The molecule has 3 N–H and O–H groups in total. The average molecular weight is 458 g/mol. The molecule has 0 aliphatic carbocycles. The summed E-state index contributed by atoms with van der Waals surface area (Å²) in [7, 11) is 3.18. The number of hydrogen-bond acceptors (Lipinski definition) is 3. The van der Waals surface area contributed by atoms with Crippen molar-refractivity contribution in [3.05, 3.63) is 36.0 Å². The highest BCUT2D eigenvalue weighted by Crippen LogP contribution is 2.17. The first kappa shape index (κ1) is 21.3. The number of nitrogens with zero attached hydrogens (tertiary/aromatic N) is 1. The molecule has 0 spiro atoms. The number of aromatic nitrogens is 1. The summed E-state index contributed by atoms with van der Waals surface area (Å²) in [6.07, 6.45) is 5.16. The third-order valence-electron chi connectivity index (χ3n) is 3.91. The van der Waals surface area contributed by atoms with Crippen molar-refractivity contribution in [2.24, 2.45) is 4.99 Å². The molecular weight excluding hydrogens is 431 g/mol. The van der Waals surface area contributed by atoms with Crippen LogP contribution in [0.4, 0.5) is 0 Å². The third kappa shape index (κ3) is 6.93. The Balaban J connectivity index is 0.00000312. The number of guanidine groups is 1. The summed E-state index contributed by atoms with van der Waals surface area (Å²) < 4.78 is 4.62. The van der Waals surface area contributed by atoms with E-state index in [-0.39, 0.29) is 29.9 Å². The molecule has 7 heteroatoms. The summed E-state index contributed by atoms with van der Waals surface area (Å²) in [5.74, 6) is 0.629. The van der Waals surface area contributed by atoms with Crippen molar-refractivity contribution in [1.82, 2.24) is 15.6 Å². The molecule has 6 nitrogen and oxygen atoms in total. The van der Waals surface area contributed by atoms with Gasteiger partial charge in [0, 0.05) is 43.7 Å². The van der Waals surface area contributed by atoms with E-state index in [2.05, 4.69) is 49.7 Å². The maximum Gasteiger partial charge on any atom is 0.305 e. The Labute approximate surface area is 165 Å². The van der Waals surface area contributed by atoms with Crippen LogP contribution < -0.4 is 10.6 Å². The number of carbonyl (C=O) groups excluding carboxylic acids is 1. The largest absolute Gasteiger partial charge is 0.469 e. The Hall–Kier alpha value is -1.77. The fraction of sp³-hybridized carbons (Fsp3) is 0.444. The highest BCUT2D eigenvalue weighted by atomic mass is 127. The van der Waals surface area contributed by atoms with Crippen LogP contribution in [0.5, 0.6) is 0 Å². The smallest absolute Gasteiger partial charge is 0.305 e. The van der Waals surface area contributed by atoms with Gasteiger partial charge in [-0.1, -0.05) is 18.2 Å². The first-order chi connectivity index (χ1) is 11.7. The first-order valence-electron chi connectivity index (χ1n) is 8.31. The number of H-pyrrole nitrogens is 1. The van der Waals surface area contributed by atoms with E-state index in [1.54, 1.807) is 7.05 Å². The minimum atomic E-state index is -0.156. The van der Waals surface area contributed by atoms with Crippen molar-refractivity contribution in [2.75, 3.05) is 27.2 Å². The van der Waals surface area contributed by atoms with Gasteiger partial charge in [0.15, 0.2) is 5.96 Å². The van der Waals surface area contributed by atoms with Crippen LogP contribution in [0.2, 0.25) is 0 Å². The number of carbonyl (C=O) groups is 1. The summed E-state index contributed by atoms with van der Waals surface area (Å²) in [5.41, 5.74) is 2.47. The molecular formula is C18H27IN4O2. The number of aromatic amines is 1. The van der Waals surface area contributed by atoms with Crippen molar-refractivity contribution in [3.8, 4) is 0 Å². The number of aliphatic imine (C=N–C) groups is 1. The second-order valence-corrected chi connectivity index (χ2v) is 5.57. The standard InChI is InChI=1S/C18H26N4O2.HI/c1-19-18(20-11-6-5-9-17(23)24-2)21-12-10-14-13-22-16-8-4-3-7-15(14)16;/h3-4,7-8,13,22H,5-6,9-12H2,1-2H3,(H2,19,20,21);1H. The highest BCUT2D eigenvalue weighted by molar-refractivity contribution is 14.0. The number of benzene rings is 1. The van der Waals surface area contributed by atoms with Crippen LogP contribution in [0.25, 0.3) is 10.9 Å². The minimum Gasteiger partial charge on any atom is -0.469 e. The van der Waals surface area contributed by atoms with Gasteiger partial charge in [0.25, 0.3) is 0 Å². The van der Waals surface area contributed by atoms with Gasteiger partial charge in [0.1, 0.15) is 0 Å². The quantitative estimate of drug-likeness (QED) is 0.187. The van der Waals surface area contributed by atoms with Crippen molar-refractivity contribution < 1.29 is 9.53 Å². The Morgan fingerprint density at radius 3 is 2.72 bits per heavy atom. The number of methoxy groups -OCH3 is 1. The molecule has 1 aromatic heterocycles. The number of esters is 1. The molecule has 0 unspecified atom stereocenters. The van der Waals surface area contributed by atoms with E-state index in [0.29, 0.717) is 6.42 Å². The van der Waals surface area contributed by atoms with Crippen LogP contribution >= 0.6 is 24.0 Å². The molecule has 0 bridgehead atoms. The van der Waals surface area contributed by atoms with E-state index in [1.165, 1.54) is 23.6 Å². The van der Waals surface area contributed by atoms with Crippen LogP contribution in [-0.4, -0.2) is 44.2 Å². The number of halogens is 1. The lowest BCUT2D eigenvalue weighted by molar-refractivity contribution is -0.140. The molecule has 0 atom stereocenters. The Bertz CT molecular complexity index is 685. The molecule has 1 aromatic carbocycles. The molecule has 2 rings (SSSR count). The second kappa shape index (κ2) is 11.7. The number of unbranched alkanes of at least 4 members (excludes halogenated alkanes) is 1. The normalized spacial score (nSPS) is 11.0. The van der Waals surface area contributed by atoms with Crippen LogP contribution in [0.1, 0.15) is 24.8 Å². The zero-order valence-electron chi connectivity index (χ0n) is 14.8. The summed E-state index contributed by atoms with van der Waals surface area (Å²) in [5, 5.41) is 7.84. The molecule has 2 aromatic rings. The van der Waals surface area contributed by atoms with Gasteiger partial charge in [0.05, 0.1) is 7.11 Å². The molecule has 0 radical (unpaired) electrons. The van der Waals surface area contributed by atoms with Gasteiger partial charge in [-0.3, -0.25) is 9.79 Å². The minimum absolute atomic E-state index is 0. The average Bonchev–Trinajstić information content (AvgIpc) is 3.03. The fourth-order valence-corrected chi connectivity index (χ4v) is 2.58. The summed E-state index contributed by atoms with van der Waals surface area (Å²) >= 11 is 0. The molecule has 0 saturated heterocycles. The molecule has 0 saturated carbocycles. The molecule has 0 fully saturated rings. The Morgan fingerprint density at radius 2 is 1.96 bits per heavy atom. The lowest BCUT2D eigenvalue weighted by Crippen LogP contribution is -2.38. The third-order valence-corrected chi connectivity index (χ3v) is 3.91. The number of para-hydroxylation sites is 1. The van der Waals surface area contributed by atoms with Crippen LogP contribution in [0, 0.1) is 0 Å². The van der Waals surface area contributed by atoms with Crippen molar-refractivity contribution >= 4 is 46.8 Å². The maximum atomic E-state index is 11.0. The van der Waals surface area contributed by atoms with Crippen LogP contribution in [0.15, 0.2) is 35.5 Å². The van der Waals surface area contributed by atoms with E-state index < -0.39 is 0 Å². The zero-order valence-corrected chi connectivity index (χ0v) is 17.1. The van der Waals surface area contributed by atoms with Crippen molar-refractivity contribution in [1.29, 1.82) is 0 Å². The number of hydrogen-bond donors (Lipinski definition) is 3. The maximum absolute atomic E-state index is 11.0. The predicted molar refractivity (Wildman–Crippen MR) is 113 cm³/mol. The van der Waals surface area contributed by atoms with Gasteiger partial charge in [-0.15, -0.1) is 24.0 Å². The van der Waals surface area contributed by atoms with E-state index in [4.69, 9.17) is 0 Å². The van der Waals surface area contributed by atoms with Gasteiger partial charge < -0.3 is 20.4 Å². The monoisotopic (exact) mass is 458 g/mol. The van der Waals surface area contributed by atoms with Gasteiger partial charge in [-0.2, -0.15) is 0 Å². The van der Waals surface area contributed by atoms with Gasteiger partial charge >= 0.3 is 5.97 Å².